The lowest BCUT2D eigenvalue weighted by atomic mass is 9.80. The van der Waals surface area contributed by atoms with Crippen LogP contribution in [0.25, 0.3) is 0 Å². The molecule has 0 unspecified atom stereocenters. The number of allylic oxidation sites excluding steroid dienone is 4. The van der Waals surface area contributed by atoms with Crippen LogP contribution in [0.1, 0.15) is 44.4 Å². The standard InChI is InChI=1S/C25H25N3.C7H8/c1-24(2)18-10-6-8-12-20(18)27-22(24)15-14-17(16-26)23-25(3,4)19-11-7-9-13-21(19)28(23)5;1-7-5-3-2-4-6-7/h6-15H,1-5H3;2-6H,1H3/b15-14+,23-17+;. The summed E-state index contributed by atoms with van der Waals surface area (Å²) in [5.74, 6) is 0. The second-order valence-corrected chi connectivity index (χ2v) is 10.2. The molecule has 2 aliphatic rings. The van der Waals surface area contributed by atoms with E-state index < -0.39 is 0 Å². The van der Waals surface area contributed by atoms with Crippen LogP contribution in [0.2, 0.25) is 0 Å². The Morgan fingerprint density at radius 3 is 2.00 bits per heavy atom. The molecule has 0 aliphatic carbocycles. The third kappa shape index (κ3) is 4.45. The Bertz CT molecular complexity index is 1370. The number of aliphatic imine (C=N–C) groups is 1. The lowest BCUT2D eigenvalue weighted by Crippen LogP contribution is -2.25. The summed E-state index contributed by atoms with van der Waals surface area (Å²) in [6.07, 6.45) is 3.95. The van der Waals surface area contributed by atoms with Crippen LogP contribution in [0.15, 0.2) is 107 Å². The van der Waals surface area contributed by atoms with Crippen LogP contribution in [-0.2, 0) is 10.8 Å². The van der Waals surface area contributed by atoms with Gasteiger partial charge in [0.25, 0.3) is 0 Å². The molecule has 2 heterocycles. The summed E-state index contributed by atoms with van der Waals surface area (Å²) in [5, 5.41) is 9.97. The Kier molecular flexibility index (Phi) is 6.50. The summed E-state index contributed by atoms with van der Waals surface area (Å²) in [5.41, 5.74) is 8.28. The molecule has 0 amide bonds. The van der Waals surface area contributed by atoms with E-state index in [1.807, 2.05) is 55.6 Å². The van der Waals surface area contributed by atoms with Gasteiger partial charge in [-0.15, -0.1) is 0 Å². The second-order valence-electron chi connectivity index (χ2n) is 10.2. The van der Waals surface area contributed by atoms with E-state index in [1.54, 1.807) is 0 Å². The molecule has 0 saturated heterocycles. The molecular weight excluding hydrogens is 426 g/mol. The molecule has 0 atom stereocenters. The molecule has 0 N–H and O–H groups in total. The number of para-hydroxylation sites is 2. The molecule has 35 heavy (non-hydrogen) atoms. The number of fused-ring (bicyclic) bond motifs is 2. The summed E-state index contributed by atoms with van der Waals surface area (Å²) in [6, 6.07) is 29.3. The summed E-state index contributed by atoms with van der Waals surface area (Å²) in [7, 11) is 2.04. The maximum absolute atomic E-state index is 9.97. The van der Waals surface area contributed by atoms with Gasteiger partial charge in [-0.25, -0.2) is 0 Å². The molecule has 2 aliphatic heterocycles. The topological polar surface area (TPSA) is 39.4 Å². The van der Waals surface area contributed by atoms with Crippen molar-refractivity contribution < 1.29 is 0 Å². The van der Waals surface area contributed by atoms with Crippen molar-refractivity contribution in [1.29, 1.82) is 5.26 Å². The van der Waals surface area contributed by atoms with Crippen molar-refractivity contribution in [2.75, 3.05) is 11.9 Å². The monoisotopic (exact) mass is 459 g/mol. The SMILES string of the molecule is CN1/C(=C(C#N)\C=C\C2=Nc3ccccc3C2(C)C)C(C)(C)c2ccccc21.Cc1ccccc1. The maximum Gasteiger partial charge on any atom is 0.101 e. The van der Waals surface area contributed by atoms with E-state index in [4.69, 9.17) is 4.99 Å². The Hall–Kier alpha value is -3.90. The normalized spacial score (nSPS) is 18.2. The Morgan fingerprint density at radius 2 is 1.43 bits per heavy atom. The zero-order chi connectivity index (χ0) is 25.2. The summed E-state index contributed by atoms with van der Waals surface area (Å²) < 4.78 is 0. The predicted molar refractivity (Wildman–Crippen MR) is 147 cm³/mol. The minimum absolute atomic E-state index is 0.168. The number of nitrogens with zero attached hydrogens (tertiary/aromatic N) is 3. The first-order valence-electron chi connectivity index (χ1n) is 12.0. The molecule has 5 rings (SSSR count). The highest BCUT2D eigenvalue weighted by atomic mass is 15.2. The fraction of sp³-hybridized carbons (Fsp3) is 0.250. The van der Waals surface area contributed by atoms with Crippen molar-refractivity contribution in [3.63, 3.8) is 0 Å². The molecule has 0 aromatic heterocycles. The van der Waals surface area contributed by atoms with E-state index in [2.05, 4.69) is 88.1 Å². The minimum Gasteiger partial charge on any atom is -0.346 e. The molecule has 0 fully saturated rings. The first-order chi connectivity index (χ1) is 16.7. The van der Waals surface area contributed by atoms with Crippen molar-refractivity contribution in [2.45, 2.75) is 45.4 Å². The zero-order valence-corrected chi connectivity index (χ0v) is 21.5. The zero-order valence-electron chi connectivity index (χ0n) is 21.5. The summed E-state index contributed by atoms with van der Waals surface area (Å²) in [4.78, 5) is 6.96. The van der Waals surface area contributed by atoms with E-state index in [1.165, 1.54) is 16.7 Å². The smallest absolute Gasteiger partial charge is 0.101 e. The Labute approximate surface area is 209 Å². The van der Waals surface area contributed by atoms with E-state index >= 15 is 0 Å². The van der Waals surface area contributed by atoms with Crippen LogP contribution in [0.5, 0.6) is 0 Å². The van der Waals surface area contributed by atoms with Gasteiger partial charge in [-0.2, -0.15) is 5.26 Å². The van der Waals surface area contributed by atoms with E-state index in [0.717, 1.165) is 22.8 Å². The lowest BCUT2D eigenvalue weighted by molar-refractivity contribution is 0.637. The molecule has 0 saturated carbocycles. The van der Waals surface area contributed by atoms with Crippen LogP contribution >= 0.6 is 0 Å². The molecule has 3 aromatic carbocycles. The van der Waals surface area contributed by atoms with Gasteiger partial charge in [-0.05, 0) is 42.3 Å². The first kappa shape index (κ1) is 24.2. The van der Waals surface area contributed by atoms with Gasteiger partial charge >= 0.3 is 0 Å². The van der Waals surface area contributed by atoms with Gasteiger partial charge in [0.05, 0.1) is 17.0 Å². The van der Waals surface area contributed by atoms with Gasteiger partial charge in [0.1, 0.15) is 6.07 Å². The fourth-order valence-electron chi connectivity index (χ4n) is 5.10. The van der Waals surface area contributed by atoms with Crippen molar-refractivity contribution in [2.24, 2.45) is 4.99 Å². The summed E-state index contributed by atoms with van der Waals surface area (Å²) in [6.45, 7) is 10.8. The fourth-order valence-corrected chi connectivity index (χ4v) is 5.10. The van der Waals surface area contributed by atoms with Crippen molar-refractivity contribution in [3.05, 3.63) is 119 Å². The molecule has 3 aromatic rings. The number of benzene rings is 3. The Balaban J connectivity index is 0.000000356. The number of rotatable bonds is 2. The van der Waals surface area contributed by atoms with Gasteiger partial charge in [-0.1, -0.05) is 100.0 Å². The quantitative estimate of drug-likeness (QED) is 0.367. The second kappa shape index (κ2) is 9.39. The molecule has 0 radical (unpaired) electrons. The van der Waals surface area contributed by atoms with Crippen LogP contribution in [0, 0.1) is 18.3 Å². The molecule has 0 bridgehead atoms. The average molecular weight is 460 g/mol. The maximum atomic E-state index is 9.97. The number of nitriles is 1. The number of anilines is 1. The predicted octanol–water partition coefficient (Wildman–Crippen LogP) is 7.81. The molecule has 0 spiro atoms. The van der Waals surface area contributed by atoms with Gasteiger partial charge in [0.15, 0.2) is 0 Å². The molecule has 3 heteroatoms. The number of hydrogen-bond donors (Lipinski definition) is 0. The first-order valence-corrected chi connectivity index (χ1v) is 12.0. The van der Waals surface area contributed by atoms with Gasteiger partial charge in [-0.3, -0.25) is 4.99 Å². The van der Waals surface area contributed by atoms with Crippen LogP contribution in [0.3, 0.4) is 0 Å². The number of hydrogen-bond acceptors (Lipinski definition) is 3. The Morgan fingerprint density at radius 1 is 0.829 bits per heavy atom. The van der Waals surface area contributed by atoms with Crippen molar-refractivity contribution in [3.8, 4) is 6.07 Å². The van der Waals surface area contributed by atoms with E-state index in [-0.39, 0.29) is 10.8 Å². The van der Waals surface area contributed by atoms with Crippen molar-refractivity contribution >= 4 is 17.1 Å². The van der Waals surface area contributed by atoms with Gasteiger partial charge in [0, 0.05) is 29.3 Å². The largest absolute Gasteiger partial charge is 0.346 e. The van der Waals surface area contributed by atoms with Gasteiger partial charge < -0.3 is 4.90 Å². The average Bonchev–Trinajstić information content (AvgIpc) is 3.22. The summed E-state index contributed by atoms with van der Waals surface area (Å²) >= 11 is 0. The highest BCUT2D eigenvalue weighted by molar-refractivity contribution is 6.08. The van der Waals surface area contributed by atoms with Crippen LogP contribution in [-0.4, -0.2) is 12.8 Å². The molecule has 3 nitrogen and oxygen atoms in total. The van der Waals surface area contributed by atoms with E-state index in [0.29, 0.717) is 5.57 Å². The minimum atomic E-state index is -0.225. The third-order valence-electron chi connectivity index (χ3n) is 7.05. The highest BCUT2D eigenvalue weighted by Crippen LogP contribution is 2.48. The number of aryl methyl sites for hydroxylation is 1. The lowest BCUT2D eigenvalue weighted by Gasteiger charge is -2.25. The van der Waals surface area contributed by atoms with Crippen molar-refractivity contribution in [1.82, 2.24) is 0 Å². The molecular formula is C32H33N3. The molecule has 176 valence electrons. The van der Waals surface area contributed by atoms with Crippen LogP contribution < -0.4 is 4.90 Å². The van der Waals surface area contributed by atoms with E-state index in [9.17, 15) is 5.26 Å². The number of likely N-dealkylation sites (N-methyl/N-ethyl adjacent to an activating group) is 1. The highest BCUT2D eigenvalue weighted by Gasteiger charge is 2.40. The van der Waals surface area contributed by atoms with Crippen LogP contribution in [0.4, 0.5) is 11.4 Å². The third-order valence-corrected chi connectivity index (χ3v) is 7.05. The van der Waals surface area contributed by atoms with Gasteiger partial charge in [0.2, 0.25) is 0 Å².